The van der Waals surface area contributed by atoms with Crippen LogP contribution in [0.15, 0.2) is 18.2 Å². The number of pyridine rings is 1. The summed E-state index contributed by atoms with van der Waals surface area (Å²) in [4.78, 5) is 4.72. The van der Waals surface area contributed by atoms with Gasteiger partial charge in [0.25, 0.3) is 0 Å². The minimum atomic E-state index is 0.350. The minimum absolute atomic E-state index is 0.350. The fourth-order valence-corrected chi connectivity index (χ4v) is 3.19. The van der Waals surface area contributed by atoms with Crippen LogP contribution < -0.4 is 11.1 Å². The summed E-state index contributed by atoms with van der Waals surface area (Å²) < 4.78 is 0. The number of nitrogens with zero attached hydrogens (tertiary/aromatic N) is 1. The van der Waals surface area contributed by atoms with Gasteiger partial charge in [0.15, 0.2) is 0 Å². The summed E-state index contributed by atoms with van der Waals surface area (Å²) in [5.74, 6) is 4.21. The third-order valence-corrected chi connectivity index (χ3v) is 4.17. The van der Waals surface area contributed by atoms with Crippen LogP contribution in [0.25, 0.3) is 0 Å². The highest BCUT2D eigenvalue weighted by molar-refractivity contribution is 7.99. The van der Waals surface area contributed by atoms with Crippen molar-refractivity contribution in [1.29, 1.82) is 0 Å². The van der Waals surface area contributed by atoms with E-state index in [1.807, 2.05) is 30.0 Å². The minimum Gasteiger partial charge on any atom is -0.388 e. The van der Waals surface area contributed by atoms with Crippen molar-refractivity contribution in [3.63, 3.8) is 0 Å². The largest absolute Gasteiger partial charge is 0.388 e. The Kier molecular flexibility index (Phi) is 4.62. The summed E-state index contributed by atoms with van der Waals surface area (Å²) in [5.41, 5.74) is 6.24. The van der Waals surface area contributed by atoms with Crippen molar-refractivity contribution in [1.82, 2.24) is 4.98 Å². The van der Waals surface area contributed by atoms with Crippen molar-refractivity contribution in [3.05, 3.63) is 23.9 Å². The van der Waals surface area contributed by atoms with Gasteiger partial charge in [-0.2, -0.15) is 11.8 Å². The van der Waals surface area contributed by atoms with Crippen LogP contribution in [0.4, 0.5) is 5.82 Å². The molecule has 3 nitrogen and oxygen atoms in total. The van der Waals surface area contributed by atoms with Crippen LogP contribution in [0, 0.1) is 5.92 Å². The molecule has 0 aromatic carbocycles. The van der Waals surface area contributed by atoms with Crippen molar-refractivity contribution in [2.45, 2.75) is 12.8 Å². The maximum Gasteiger partial charge on any atom is 0.126 e. The summed E-state index contributed by atoms with van der Waals surface area (Å²) in [7, 11) is 0. The second-order valence-corrected chi connectivity index (χ2v) is 5.87. The highest BCUT2D eigenvalue weighted by atomic mass is 32.2. The molecule has 2 rings (SSSR count). The van der Waals surface area contributed by atoms with E-state index in [9.17, 15) is 0 Å². The van der Waals surface area contributed by atoms with Crippen LogP contribution in [0.3, 0.4) is 0 Å². The summed E-state index contributed by atoms with van der Waals surface area (Å²) in [6.45, 7) is 0.994. The second kappa shape index (κ2) is 6.21. The summed E-state index contributed by atoms with van der Waals surface area (Å²) in [6.07, 6.45) is 2.60. The van der Waals surface area contributed by atoms with Crippen LogP contribution in [-0.2, 0) is 0 Å². The van der Waals surface area contributed by atoms with Gasteiger partial charge in [-0.3, -0.25) is 0 Å². The lowest BCUT2D eigenvalue weighted by atomic mass is 10.0. The predicted octanol–water partition coefficient (Wildman–Crippen LogP) is 2.27. The SMILES string of the molecule is NC(=S)c1cccc(NCC2CCSCC2)n1. The van der Waals surface area contributed by atoms with Crippen LogP contribution in [0.1, 0.15) is 18.5 Å². The first-order valence-electron chi connectivity index (χ1n) is 5.84. The molecule has 1 aliphatic heterocycles. The van der Waals surface area contributed by atoms with E-state index in [0.29, 0.717) is 10.7 Å². The zero-order chi connectivity index (χ0) is 12.1. The average molecular weight is 267 g/mol. The lowest BCUT2D eigenvalue weighted by Crippen LogP contribution is -2.20. The second-order valence-electron chi connectivity index (χ2n) is 4.21. The van der Waals surface area contributed by atoms with Crippen molar-refractivity contribution < 1.29 is 0 Å². The molecule has 1 aromatic rings. The predicted molar refractivity (Wildman–Crippen MR) is 78.7 cm³/mol. The fraction of sp³-hybridized carbons (Fsp3) is 0.500. The molecule has 0 aliphatic carbocycles. The van der Waals surface area contributed by atoms with Gasteiger partial charge in [0, 0.05) is 6.54 Å². The third kappa shape index (κ3) is 3.85. The molecule has 0 amide bonds. The molecule has 1 aromatic heterocycles. The van der Waals surface area contributed by atoms with Crippen LogP contribution in [-0.4, -0.2) is 28.0 Å². The molecule has 0 bridgehead atoms. The summed E-state index contributed by atoms with van der Waals surface area (Å²) in [6, 6.07) is 5.73. The Labute approximate surface area is 112 Å². The Morgan fingerprint density at radius 1 is 1.47 bits per heavy atom. The highest BCUT2D eigenvalue weighted by Gasteiger charge is 2.13. The number of hydrogen-bond acceptors (Lipinski definition) is 4. The lowest BCUT2D eigenvalue weighted by molar-refractivity contribution is 0.515. The zero-order valence-electron chi connectivity index (χ0n) is 9.69. The molecule has 2 heterocycles. The van der Waals surface area contributed by atoms with Gasteiger partial charge in [-0.1, -0.05) is 18.3 Å². The Bertz CT molecular complexity index is 389. The molecule has 0 unspecified atom stereocenters. The highest BCUT2D eigenvalue weighted by Crippen LogP contribution is 2.22. The van der Waals surface area contributed by atoms with E-state index in [1.165, 1.54) is 24.3 Å². The van der Waals surface area contributed by atoms with Gasteiger partial charge in [-0.15, -0.1) is 0 Å². The molecular weight excluding hydrogens is 250 g/mol. The first-order chi connectivity index (χ1) is 8.25. The molecule has 0 spiro atoms. The molecular formula is C12H17N3S2. The number of nitrogens with one attached hydrogen (secondary N) is 1. The molecule has 0 radical (unpaired) electrons. The number of nitrogens with two attached hydrogens (primary N) is 1. The third-order valence-electron chi connectivity index (χ3n) is 2.91. The van der Waals surface area contributed by atoms with Gasteiger partial charge in [0.1, 0.15) is 10.8 Å². The molecule has 3 N–H and O–H groups in total. The van der Waals surface area contributed by atoms with Gasteiger partial charge in [0.05, 0.1) is 5.69 Å². The molecule has 17 heavy (non-hydrogen) atoms. The molecule has 0 saturated carbocycles. The first kappa shape index (κ1) is 12.6. The number of anilines is 1. The Balaban J connectivity index is 1.89. The topological polar surface area (TPSA) is 50.9 Å². The molecule has 1 fully saturated rings. The molecule has 5 heteroatoms. The van der Waals surface area contributed by atoms with Gasteiger partial charge in [-0.25, -0.2) is 4.98 Å². The molecule has 0 atom stereocenters. The number of thiocarbonyl (C=S) groups is 1. The number of hydrogen-bond donors (Lipinski definition) is 2. The molecule has 92 valence electrons. The first-order valence-corrected chi connectivity index (χ1v) is 7.40. The van der Waals surface area contributed by atoms with Crippen LogP contribution in [0.5, 0.6) is 0 Å². The number of aromatic nitrogens is 1. The van der Waals surface area contributed by atoms with Gasteiger partial charge in [0.2, 0.25) is 0 Å². The smallest absolute Gasteiger partial charge is 0.126 e. The van der Waals surface area contributed by atoms with E-state index in [0.717, 1.165) is 18.3 Å². The maximum atomic E-state index is 5.56. The number of rotatable bonds is 4. The summed E-state index contributed by atoms with van der Waals surface area (Å²) in [5, 5.41) is 3.37. The van der Waals surface area contributed by atoms with Gasteiger partial charge in [-0.05, 0) is 42.4 Å². The van der Waals surface area contributed by atoms with E-state index < -0.39 is 0 Å². The van der Waals surface area contributed by atoms with E-state index in [1.54, 1.807) is 0 Å². The van der Waals surface area contributed by atoms with E-state index in [2.05, 4.69) is 10.3 Å². The van der Waals surface area contributed by atoms with Crippen molar-refractivity contribution in [2.75, 3.05) is 23.4 Å². The monoisotopic (exact) mass is 267 g/mol. The Morgan fingerprint density at radius 3 is 2.94 bits per heavy atom. The lowest BCUT2D eigenvalue weighted by Gasteiger charge is -2.21. The van der Waals surface area contributed by atoms with E-state index >= 15 is 0 Å². The van der Waals surface area contributed by atoms with Gasteiger partial charge < -0.3 is 11.1 Å². The van der Waals surface area contributed by atoms with E-state index in [4.69, 9.17) is 18.0 Å². The maximum absolute atomic E-state index is 5.56. The van der Waals surface area contributed by atoms with Crippen molar-refractivity contribution >= 4 is 34.8 Å². The van der Waals surface area contributed by atoms with Crippen LogP contribution >= 0.6 is 24.0 Å². The number of thioether (sulfide) groups is 1. The fourth-order valence-electron chi connectivity index (χ4n) is 1.87. The average Bonchev–Trinajstić information content (AvgIpc) is 2.38. The normalized spacial score (nSPS) is 16.7. The van der Waals surface area contributed by atoms with E-state index in [-0.39, 0.29) is 0 Å². The van der Waals surface area contributed by atoms with Crippen LogP contribution in [0.2, 0.25) is 0 Å². The molecule has 1 aliphatic rings. The summed E-state index contributed by atoms with van der Waals surface area (Å²) >= 11 is 6.97. The molecule has 1 saturated heterocycles. The standard InChI is InChI=1S/C12H17N3S2/c13-12(16)10-2-1-3-11(15-10)14-8-9-4-6-17-7-5-9/h1-3,9H,4-8H2,(H2,13,16)(H,14,15). The zero-order valence-corrected chi connectivity index (χ0v) is 11.3. The quantitative estimate of drug-likeness (QED) is 0.820. The van der Waals surface area contributed by atoms with Crippen molar-refractivity contribution in [2.24, 2.45) is 11.7 Å². The van der Waals surface area contributed by atoms with Gasteiger partial charge >= 0.3 is 0 Å². The van der Waals surface area contributed by atoms with Crippen molar-refractivity contribution in [3.8, 4) is 0 Å². The Morgan fingerprint density at radius 2 is 2.24 bits per heavy atom. The Hall–Kier alpha value is -0.810.